The summed E-state index contributed by atoms with van der Waals surface area (Å²) in [6.07, 6.45) is 3.05. The van der Waals surface area contributed by atoms with Gasteiger partial charge in [-0.25, -0.2) is 0 Å². The van der Waals surface area contributed by atoms with Crippen LogP contribution < -0.4 is 5.73 Å². The van der Waals surface area contributed by atoms with Crippen LogP contribution in [0.3, 0.4) is 0 Å². The first-order chi connectivity index (χ1) is 10.2. The summed E-state index contributed by atoms with van der Waals surface area (Å²) in [5, 5.41) is 4.05. The molecular weight excluding hydrogens is 268 g/mol. The summed E-state index contributed by atoms with van der Waals surface area (Å²) in [6, 6.07) is 9.68. The predicted octanol–water partition coefficient (Wildman–Crippen LogP) is 1.75. The Morgan fingerprint density at radius 3 is 2.90 bits per heavy atom. The molecule has 110 valence electrons. The van der Waals surface area contributed by atoms with Crippen LogP contribution in [-0.2, 0) is 4.79 Å². The van der Waals surface area contributed by atoms with Crippen molar-refractivity contribution in [2.45, 2.75) is 25.3 Å². The number of carbonyl (C=O) groups excluding carboxylic acids is 1. The molecule has 2 N–H and O–H groups in total. The SMILES string of the molecule is NC(=O)CN1CCCC[C@H]1c1nc(-c2ccccc2)no1. The highest BCUT2D eigenvalue weighted by Gasteiger charge is 2.29. The van der Waals surface area contributed by atoms with Gasteiger partial charge >= 0.3 is 0 Å². The van der Waals surface area contributed by atoms with Gasteiger partial charge in [-0.05, 0) is 19.4 Å². The number of rotatable bonds is 4. The van der Waals surface area contributed by atoms with Crippen LogP contribution in [0.15, 0.2) is 34.9 Å². The van der Waals surface area contributed by atoms with Gasteiger partial charge in [0.05, 0.1) is 12.6 Å². The summed E-state index contributed by atoms with van der Waals surface area (Å²) in [7, 11) is 0. The number of hydrogen-bond donors (Lipinski definition) is 1. The van der Waals surface area contributed by atoms with E-state index in [0.717, 1.165) is 31.4 Å². The van der Waals surface area contributed by atoms with Crippen molar-refractivity contribution in [2.75, 3.05) is 13.1 Å². The van der Waals surface area contributed by atoms with Crippen molar-refractivity contribution < 1.29 is 9.32 Å². The normalized spacial score (nSPS) is 19.5. The standard InChI is InChI=1S/C15H18N4O2/c16-13(20)10-19-9-5-4-8-12(19)15-17-14(18-21-15)11-6-2-1-3-7-11/h1-3,6-7,12H,4-5,8-10H2,(H2,16,20)/t12-/m0/s1. The van der Waals surface area contributed by atoms with E-state index in [2.05, 4.69) is 10.1 Å². The lowest BCUT2D eigenvalue weighted by molar-refractivity contribution is -0.120. The van der Waals surface area contributed by atoms with E-state index in [0.29, 0.717) is 11.7 Å². The van der Waals surface area contributed by atoms with Crippen LogP contribution in [-0.4, -0.2) is 34.0 Å². The van der Waals surface area contributed by atoms with Gasteiger partial charge in [0.2, 0.25) is 17.6 Å². The van der Waals surface area contributed by atoms with Gasteiger partial charge in [0.15, 0.2) is 0 Å². The molecule has 6 nitrogen and oxygen atoms in total. The Bertz CT molecular complexity index is 611. The molecule has 0 spiro atoms. The molecule has 1 fully saturated rings. The highest BCUT2D eigenvalue weighted by molar-refractivity contribution is 5.76. The van der Waals surface area contributed by atoms with Gasteiger partial charge in [0.25, 0.3) is 0 Å². The van der Waals surface area contributed by atoms with E-state index in [1.54, 1.807) is 0 Å². The molecule has 2 aromatic rings. The zero-order chi connectivity index (χ0) is 14.7. The summed E-state index contributed by atoms with van der Waals surface area (Å²) in [5.41, 5.74) is 6.23. The van der Waals surface area contributed by atoms with E-state index < -0.39 is 0 Å². The topological polar surface area (TPSA) is 85.3 Å². The lowest BCUT2D eigenvalue weighted by Crippen LogP contribution is -2.39. The molecule has 0 saturated carbocycles. The van der Waals surface area contributed by atoms with E-state index in [9.17, 15) is 4.79 Å². The van der Waals surface area contributed by atoms with Gasteiger partial charge in [-0.3, -0.25) is 9.69 Å². The summed E-state index contributed by atoms with van der Waals surface area (Å²) < 4.78 is 5.42. The molecule has 1 aliphatic rings. The third-order valence-electron chi connectivity index (χ3n) is 3.73. The van der Waals surface area contributed by atoms with Gasteiger partial charge in [-0.1, -0.05) is 41.9 Å². The number of piperidine rings is 1. The minimum absolute atomic E-state index is 0.0174. The highest BCUT2D eigenvalue weighted by atomic mass is 16.5. The van der Waals surface area contributed by atoms with Gasteiger partial charge in [-0.2, -0.15) is 4.98 Å². The Hall–Kier alpha value is -2.21. The van der Waals surface area contributed by atoms with Gasteiger partial charge in [0.1, 0.15) is 0 Å². The molecule has 0 aliphatic carbocycles. The summed E-state index contributed by atoms with van der Waals surface area (Å²) >= 11 is 0. The summed E-state index contributed by atoms with van der Waals surface area (Å²) in [5.74, 6) is 0.815. The molecule has 0 bridgehead atoms. The van der Waals surface area contributed by atoms with Crippen LogP contribution in [0.2, 0.25) is 0 Å². The maximum absolute atomic E-state index is 11.2. The molecule has 2 heterocycles. The average Bonchev–Trinajstić information content (AvgIpc) is 2.98. The Morgan fingerprint density at radius 2 is 2.14 bits per heavy atom. The number of nitrogens with two attached hydrogens (primary N) is 1. The van der Waals surface area contributed by atoms with Gasteiger partial charge < -0.3 is 10.3 Å². The molecule has 0 radical (unpaired) electrons. The zero-order valence-corrected chi connectivity index (χ0v) is 11.7. The van der Waals surface area contributed by atoms with Crippen LogP contribution in [0, 0.1) is 0 Å². The Kier molecular flexibility index (Phi) is 3.96. The van der Waals surface area contributed by atoms with Crippen molar-refractivity contribution in [3.8, 4) is 11.4 Å². The molecule has 1 amide bonds. The quantitative estimate of drug-likeness (QED) is 0.925. The fraction of sp³-hybridized carbons (Fsp3) is 0.400. The van der Waals surface area contributed by atoms with Crippen molar-refractivity contribution in [2.24, 2.45) is 5.73 Å². The highest BCUT2D eigenvalue weighted by Crippen LogP contribution is 2.30. The first kappa shape index (κ1) is 13.8. The largest absolute Gasteiger partial charge is 0.369 e. The molecule has 1 aromatic heterocycles. The van der Waals surface area contributed by atoms with Crippen LogP contribution in [0.1, 0.15) is 31.2 Å². The summed E-state index contributed by atoms with van der Waals surface area (Å²) in [6.45, 7) is 1.06. The number of likely N-dealkylation sites (tertiary alicyclic amines) is 1. The Morgan fingerprint density at radius 1 is 1.33 bits per heavy atom. The number of primary amides is 1. The van der Waals surface area contributed by atoms with E-state index in [1.165, 1.54) is 0 Å². The van der Waals surface area contributed by atoms with E-state index in [1.807, 2.05) is 35.2 Å². The number of nitrogens with zero attached hydrogens (tertiary/aromatic N) is 3. The Balaban J connectivity index is 1.82. The number of benzene rings is 1. The van der Waals surface area contributed by atoms with E-state index >= 15 is 0 Å². The molecule has 1 atom stereocenters. The third-order valence-corrected chi connectivity index (χ3v) is 3.73. The van der Waals surface area contributed by atoms with Crippen LogP contribution in [0.4, 0.5) is 0 Å². The first-order valence-corrected chi connectivity index (χ1v) is 7.15. The average molecular weight is 286 g/mol. The second-order valence-corrected chi connectivity index (χ2v) is 5.27. The predicted molar refractivity (Wildman–Crippen MR) is 77.1 cm³/mol. The number of aromatic nitrogens is 2. The van der Waals surface area contributed by atoms with E-state index in [-0.39, 0.29) is 18.5 Å². The van der Waals surface area contributed by atoms with Crippen molar-refractivity contribution in [1.29, 1.82) is 0 Å². The second kappa shape index (κ2) is 6.05. The number of carbonyl (C=O) groups is 1. The van der Waals surface area contributed by atoms with Crippen LogP contribution in [0.5, 0.6) is 0 Å². The minimum atomic E-state index is -0.329. The summed E-state index contributed by atoms with van der Waals surface area (Å²) in [4.78, 5) is 17.7. The van der Waals surface area contributed by atoms with Crippen molar-refractivity contribution in [3.63, 3.8) is 0 Å². The van der Waals surface area contributed by atoms with Crippen LogP contribution >= 0.6 is 0 Å². The molecule has 21 heavy (non-hydrogen) atoms. The van der Waals surface area contributed by atoms with Crippen molar-refractivity contribution in [3.05, 3.63) is 36.2 Å². The molecule has 1 saturated heterocycles. The van der Waals surface area contributed by atoms with Crippen molar-refractivity contribution in [1.82, 2.24) is 15.0 Å². The fourth-order valence-corrected chi connectivity index (χ4v) is 2.74. The minimum Gasteiger partial charge on any atom is -0.369 e. The molecule has 3 rings (SSSR count). The maximum Gasteiger partial charge on any atom is 0.244 e. The molecule has 1 aromatic carbocycles. The monoisotopic (exact) mass is 286 g/mol. The third kappa shape index (κ3) is 3.11. The Labute approximate surface area is 122 Å². The number of amides is 1. The fourth-order valence-electron chi connectivity index (χ4n) is 2.74. The molecule has 0 unspecified atom stereocenters. The lowest BCUT2D eigenvalue weighted by Gasteiger charge is -2.32. The smallest absolute Gasteiger partial charge is 0.244 e. The molecule has 6 heteroatoms. The van der Waals surface area contributed by atoms with Crippen LogP contribution in [0.25, 0.3) is 11.4 Å². The lowest BCUT2D eigenvalue weighted by atomic mass is 10.0. The van der Waals surface area contributed by atoms with Gasteiger partial charge in [-0.15, -0.1) is 0 Å². The number of hydrogen-bond acceptors (Lipinski definition) is 5. The second-order valence-electron chi connectivity index (χ2n) is 5.27. The zero-order valence-electron chi connectivity index (χ0n) is 11.7. The van der Waals surface area contributed by atoms with Crippen molar-refractivity contribution >= 4 is 5.91 Å². The van der Waals surface area contributed by atoms with Gasteiger partial charge in [0, 0.05) is 5.56 Å². The molecular formula is C15H18N4O2. The van der Waals surface area contributed by atoms with E-state index in [4.69, 9.17) is 10.3 Å². The maximum atomic E-state index is 11.2. The first-order valence-electron chi connectivity index (χ1n) is 7.15. The molecule has 1 aliphatic heterocycles.